The van der Waals surface area contributed by atoms with Crippen LogP contribution in [0.2, 0.25) is 0 Å². The van der Waals surface area contributed by atoms with Gasteiger partial charge in [0.25, 0.3) is 0 Å². The van der Waals surface area contributed by atoms with Crippen molar-refractivity contribution in [3.05, 3.63) is 30.3 Å². The molecule has 0 atom stereocenters. The summed E-state index contributed by atoms with van der Waals surface area (Å²) in [6, 6.07) is 7.79. The molecule has 1 N–H and O–H groups in total. The number of aromatic nitrogens is 1. The van der Waals surface area contributed by atoms with Gasteiger partial charge in [-0.15, -0.1) is 0 Å². The van der Waals surface area contributed by atoms with Gasteiger partial charge in [-0.25, -0.2) is 13.4 Å². The molecule has 1 heterocycles. The number of rotatable bonds is 1. The van der Waals surface area contributed by atoms with Gasteiger partial charge in [0.15, 0.2) is 10.8 Å². The summed E-state index contributed by atoms with van der Waals surface area (Å²) in [5, 5.41) is 9.04. The van der Waals surface area contributed by atoms with Gasteiger partial charge in [0, 0.05) is 5.39 Å². The molecule has 78 valence electrons. The zero-order chi connectivity index (χ0) is 11.1. The fraction of sp³-hybridized carbons (Fsp3) is 0. The van der Waals surface area contributed by atoms with Crippen molar-refractivity contribution in [2.24, 2.45) is 0 Å². The van der Waals surface area contributed by atoms with Crippen LogP contribution in [0.3, 0.4) is 0 Å². The number of aromatic hydroxyl groups is 1. The second kappa shape index (κ2) is 5.09. The zero-order valence-electron chi connectivity index (χ0n) is 8.41. The zero-order valence-corrected chi connectivity index (χ0v) is 12.4. The van der Waals surface area contributed by atoms with Crippen LogP contribution in [-0.4, -0.2) is 23.1 Å². The molecule has 0 spiro atoms. The maximum absolute atomic E-state index is 10.7. The monoisotopic (exact) mass is 263 g/mol. The van der Waals surface area contributed by atoms with E-state index in [0.29, 0.717) is 10.9 Å². The Labute approximate surface area is 135 Å². The number of benzene rings is 1. The molecule has 2 rings (SSSR count). The maximum atomic E-state index is 10.7. The normalized spacial score (nSPS) is 11.1. The molecule has 16 heavy (non-hydrogen) atoms. The van der Waals surface area contributed by atoms with E-state index in [1.165, 1.54) is 6.07 Å². The summed E-state index contributed by atoms with van der Waals surface area (Å²) < 4.78 is 32.2. The first-order valence-electron chi connectivity index (χ1n) is 4.03. The fourth-order valence-corrected chi connectivity index (χ4v) is 1.80. The number of para-hydroxylation sites is 1. The number of fused-ring (bicyclic) bond motifs is 1. The molecular weight excluding hydrogens is 257 g/mol. The van der Waals surface area contributed by atoms with Crippen LogP contribution in [0, 0.1) is 0 Å². The van der Waals surface area contributed by atoms with Gasteiger partial charge in [-0.2, -0.15) is 0 Å². The SMILES string of the molecule is O=S(=O)([O-])c1nc2ccccc2cc1O.[K+]. The quantitative estimate of drug-likeness (QED) is 0.468. The van der Waals surface area contributed by atoms with E-state index < -0.39 is 20.9 Å². The van der Waals surface area contributed by atoms with E-state index in [4.69, 9.17) is 0 Å². The van der Waals surface area contributed by atoms with Crippen LogP contribution in [0.25, 0.3) is 10.9 Å². The van der Waals surface area contributed by atoms with Crippen molar-refractivity contribution < 1.29 is 69.5 Å². The van der Waals surface area contributed by atoms with E-state index in [-0.39, 0.29) is 51.4 Å². The Morgan fingerprint density at radius 2 is 1.88 bits per heavy atom. The minimum absolute atomic E-state index is 0. The van der Waals surface area contributed by atoms with Gasteiger partial charge in [-0.05, 0) is 12.1 Å². The van der Waals surface area contributed by atoms with E-state index in [1.807, 2.05) is 0 Å². The van der Waals surface area contributed by atoms with Crippen LogP contribution >= 0.6 is 0 Å². The van der Waals surface area contributed by atoms with Crippen LogP contribution in [0.15, 0.2) is 35.4 Å². The Hall–Kier alpha value is -0.0236. The second-order valence-corrected chi connectivity index (χ2v) is 4.25. The molecule has 0 saturated carbocycles. The average Bonchev–Trinajstić information content (AvgIpc) is 2.15. The molecule has 5 nitrogen and oxygen atoms in total. The Morgan fingerprint density at radius 3 is 2.50 bits per heavy atom. The van der Waals surface area contributed by atoms with Crippen LogP contribution in [-0.2, 0) is 10.1 Å². The van der Waals surface area contributed by atoms with Crippen LogP contribution in [0.4, 0.5) is 0 Å². The molecule has 0 aliphatic rings. The van der Waals surface area contributed by atoms with Gasteiger partial charge < -0.3 is 9.66 Å². The largest absolute Gasteiger partial charge is 1.00 e. The molecule has 0 aliphatic carbocycles. The summed E-state index contributed by atoms with van der Waals surface area (Å²) in [5.74, 6) is -0.622. The summed E-state index contributed by atoms with van der Waals surface area (Å²) in [6.45, 7) is 0. The van der Waals surface area contributed by atoms with Crippen molar-refractivity contribution in [2.45, 2.75) is 5.03 Å². The first-order valence-corrected chi connectivity index (χ1v) is 5.44. The van der Waals surface area contributed by atoms with Gasteiger partial charge in [0.1, 0.15) is 10.1 Å². The smallest absolute Gasteiger partial charge is 0.743 e. The van der Waals surface area contributed by atoms with Crippen LogP contribution in [0.5, 0.6) is 5.75 Å². The van der Waals surface area contributed by atoms with Gasteiger partial charge in [-0.3, -0.25) is 0 Å². The number of hydrogen-bond donors (Lipinski definition) is 1. The second-order valence-electron chi connectivity index (χ2n) is 2.96. The summed E-state index contributed by atoms with van der Waals surface area (Å²) >= 11 is 0. The summed E-state index contributed by atoms with van der Waals surface area (Å²) in [4.78, 5) is 3.60. The Bertz CT molecular complexity index is 626. The molecule has 7 heteroatoms. The third-order valence-corrected chi connectivity index (χ3v) is 2.68. The predicted molar refractivity (Wildman–Crippen MR) is 51.4 cm³/mol. The molecule has 0 fully saturated rings. The maximum Gasteiger partial charge on any atom is 1.00 e. The van der Waals surface area contributed by atoms with Crippen molar-refractivity contribution in [1.29, 1.82) is 0 Å². The molecule has 0 radical (unpaired) electrons. The summed E-state index contributed by atoms with van der Waals surface area (Å²) in [6.07, 6.45) is 0. The average molecular weight is 263 g/mol. The summed E-state index contributed by atoms with van der Waals surface area (Å²) in [5.41, 5.74) is 0.352. The van der Waals surface area contributed by atoms with Crippen molar-refractivity contribution >= 4 is 21.0 Å². The topological polar surface area (TPSA) is 90.3 Å². The van der Waals surface area contributed by atoms with Crippen molar-refractivity contribution in [2.75, 3.05) is 0 Å². The van der Waals surface area contributed by atoms with Gasteiger partial charge in [0.05, 0.1) is 5.52 Å². The number of hydrogen-bond acceptors (Lipinski definition) is 5. The first kappa shape index (κ1) is 14.0. The standard InChI is InChI=1S/C9H7NO4S.K/c11-8-5-6-3-1-2-4-7(6)10-9(8)15(12,13)14;/h1-5,11H,(H,12,13,14);/q;+1/p-1. The van der Waals surface area contributed by atoms with Gasteiger partial charge in [-0.1, -0.05) is 18.2 Å². The molecular formula is C9H6KNO4S. The number of pyridine rings is 1. The molecule has 1 aromatic carbocycles. The van der Waals surface area contributed by atoms with E-state index in [0.717, 1.165) is 0 Å². The molecule has 2 aromatic rings. The molecule has 0 bridgehead atoms. The van der Waals surface area contributed by atoms with E-state index in [9.17, 15) is 18.1 Å². The number of nitrogens with zero attached hydrogens (tertiary/aromatic N) is 1. The minimum atomic E-state index is -4.74. The van der Waals surface area contributed by atoms with Gasteiger partial charge >= 0.3 is 51.4 Å². The molecule has 1 aromatic heterocycles. The Morgan fingerprint density at radius 1 is 1.25 bits per heavy atom. The molecule has 0 saturated heterocycles. The van der Waals surface area contributed by atoms with Crippen molar-refractivity contribution in [3.8, 4) is 5.75 Å². The third kappa shape index (κ3) is 2.80. The Kier molecular flexibility index (Phi) is 4.47. The van der Waals surface area contributed by atoms with E-state index in [2.05, 4.69) is 4.98 Å². The van der Waals surface area contributed by atoms with E-state index >= 15 is 0 Å². The molecule has 0 aliphatic heterocycles. The molecule has 0 amide bonds. The van der Waals surface area contributed by atoms with Gasteiger partial charge in [0.2, 0.25) is 0 Å². The van der Waals surface area contributed by atoms with E-state index in [1.54, 1.807) is 24.3 Å². The predicted octanol–water partition coefficient (Wildman–Crippen LogP) is -2.15. The molecule has 0 unspecified atom stereocenters. The fourth-order valence-electron chi connectivity index (χ4n) is 1.27. The minimum Gasteiger partial charge on any atom is -0.743 e. The summed E-state index contributed by atoms with van der Waals surface area (Å²) in [7, 11) is -4.74. The van der Waals surface area contributed by atoms with Crippen molar-refractivity contribution in [3.63, 3.8) is 0 Å². The Balaban J connectivity index is 0.00000128. The third-order valence-electron chi connectivity index (χ3n) is 1.91. The van der Waals surface area contributed by atoms with Crippen LogP contribution < -0.4 is 51.4 Å². The van der Waals surface area contributed by atoms with Crippen molar-refractivity contribution in [1.82, 2.24) is 4.98 Å². The first-order chi connectivity index (χ1) is 6.98. The van der Waals surface area contributed by atoms with Crippen LogP contribution in [0.1, 0.15) is 0 Å².